The number of hydrogen-bond acceptors (Lipinski definition) is 4. The third-order valence-corrected chi connectivity index (χ3v) is 2.74. The smallest absolute Gasteiger partial charge is 0.248 e. The SMILES string of the molecule is Cc1c(F)cc(C(N)=O)cc1NCc1cn(C)nn1. The summed E-state index contributed by atoms with van der Waals surface area (Å²) >= 11 is 0. The van der Waals surface area contributed by atoms with E-state index in [2.05, 4.69) is 15.6 Å². The van der Waals surface area contributed by atoms with Gasteiger partial charge >= 0.3 is 0 Å². The summed E-state index contributed by atoms with van der Waals surface area (Å²) in [7, 11) is 1.76. The number of halogens is 1. The second-order valence-corrected chi connectivity index (χ2v) is 4.23. The zero-order valence-corrected chi connectivity index (χ0v) is 10.6. The Kier molecular flexibility index (Phi) is 3.46. The van der Waals surface area contributed by atoms with Crippen molar-refractivity contribution in [2.45, 2.75) is 13.5 Å². The Labute approximate surface area is 109 Å². The summed E-state index contributed by atoms with van der Waals surface area (Å²) in [6, 6.07) is 2.66. The van der Waals surface area contributed by atoms with E-state index in [1.807, 2.05) is 0 Å². The van der Waals surface area contributed by atoms with Gasteiger partial charge in [-0.1, -0.05) is 5.21 Å². The number of amides is 1. The van der Waals surface area contributed by atoms with Crippen LogP contribution in [0.15, 0.2) is 18.3 Å². The van der Waals surface area contributed by atoms with Crippen LogP contribution in [0.5, 0.6) is 0 Å². The van der Waals surface area contributed by atoms with Gasteiger partial charge in [-0.25, -0.2) is 4.39 Å². The van der Waals surface area contributed by atoms with Gasteiger partial charge in [0.1, 0.15) is 11.5 Å². The molecule has 0 saturated carbocycles. The van der Waals surface area contributed by atoms with Crippen molar-refractivity contribution >= 4 is 11.6 Å². The first-order chi connectivity index (χ1) is 8.97. The predicted molar refractivity (Wildman–Crippen MR) is 68.0 cm³/mol. The molecule has 0 aliphatic rings. The molecule has 19 heavy (non-hydrogen) atoms. The highest BCUT2D eigenvalue weighted by Gasteiger charge is 2.10. The zero-order valence-electron chi connectivity index (χ0n) is 10.6. The lowest BCUT2D eigenvalue weighted by molar-refractivity contribution is 0.1000. The maximum absolute atomic E-state index is 13.7. The first-order valence-corrected chi connectivity index (χ1v) is 5.66. The molecule has 100 valence electrons. The fourth-order valence-electron chi connectivity index (χ4n) is 1.67. The number of aryl methyl sites for hydroxylation is 1. The molecule has 1 aromatic carbocycles. The molecule has 1 heterocycles. The number of nitrogens with two attached hydrogens (primary N) is 1. The molecule has 0 spiro atoms. The summed E-state index contributed by atoms with van der Waals surface area (Å²) in [5.74, 6) is -1.14. The van der Waals surface area contributed by atoms with Crippen LogP contribution in [-0.4, -0.2) is 20.9 Å². The maximum Gasteiger partial charge on any atom is 0.248 e. The monoisotopic (exact) mass is 263 g/mol. The van der Waals surface area contributed by atoms with Crippen LogP contribution in [0, 0.1) is 12.7 Å². The zero-order chi connectivity index (χ0) is 14.0. The van der Waals surface area contributed by atoms with Gasteiger partial charge in [-0.2, -0.15) is 0 Å². The molecule has 7 heteroatoms. The van der Waals surface area contributed by atoms with Gasteiger partial charge in [-0.15, -0.1) is 5.10 Å². The van der Waals surface area contributed by atoms with Crippen molar-refractivity contribution in [3.8, 4) is 0 Å². The highest BCUT2D eigenvalue weighted by atomic mass is 19.1. The normalized spacial score (nSPS) is 10.5. The largest absolute Gasteiger partial charge is 0.379 e. The number of primary amides is 1. The van der Waals surface area contributed by atoms with E-state index in [1.54, 1.807) is 24.9 Å². The first-order valence-electron chi connectivity index (χ1n) is 5.66. The van der Waals surface area contributed by atoms with E-state index < -0.39 is 11.7 Å². The van der Waals surface area contributed by atoms with Gasteiger partial charge in [0.05, 0.1) is 6.54 Å². The number of benzene rings is 1. The molecule has 0 aliphatic heterocycles. The number of anilines is 1. The molecule has 0 fully saturated rings. The molecule has 0 atom stereocenters. The van der Waals surface area contributed by atoms with Gasteiger partial charge in [-0.3, -0.25) is 9.48 Å². The maximum atomic E-state index is 13.7. The van der Waals surface area contributed by atoms with Gasteiger partial charge in [0.15, 0.2) is 0 Å². The summed E-state index contributed by atoms with van der Waals surface area (Å²) < 4.78 is 15.2. The lowest BCUT2D eigenvalue weighted by atomic mass is 10.1. The number of carbonyl (C=O) groups is 1. The van der Waals surface area contributed by atoms with E-state index in [9.17, 15) is 9.18 Å². The number of nitrogens with one attached hydrogen (secondary N) is 1. The molecule has 0 unspecified atom stereocenters. The van der Waals surface area contributed by atoms with Gasteiger partial charge in [0.2, 0.25) is 5.91 Å². The summed E-state index contributed by atoms with van der Waals surface area (Å²) in [6.07, 6.45) is 1.75. The van der Waals surface area contributed by atoms with Crippen molar-refractivity contribution < 1.29 is 9.18 Å². The van der Waals surface area contributed by atoms with E-state index in [4.69, 9.17) is 5.73 Å². The summed E-state index contributed by atoms with van der Waals surface area (Å²) in [5, 5.41) is 10.7. The van der Waals surface area contributed by atoms with Crippen LogP contribution < -0.4 is 11.1 Å². The Morgan fingerprint density at radius 1 is 1.53 bits per heavy atom. The van der Waals surface area contributed by atoms with Crippen LogP contribution in [0.1, 0.15) is 21.6 Å². The van der Waals surface area contributed by atoms with Gasteiger partial charge in [0.25, 0.3) is 0 Å². The lowest BCUT2D eigenvalue weighted by Gasteiger charge is -2.10. The molecule has 1 aromatic heterocycles. The summed E-state index contributed by atoms with van der Waals surface area (Å²) in [4.78, 5) is 11.1. The minimum absolute atomic E-state index is 0.129. The highest BCUT2D eigenvalue weighted by molar-refractivity contribution is 5.94. The molecule has 0 saturated heterocycles. The molecule has 0 bridgehead atoms. The van der Waals surface area contributed by atoms with E-state index in [1.165, 1.54) is 6.07 Å². The molecule has 1 amide bonds. The fourth-order valence-corrected chi connectivity index (χ4v) is 1.67. The number of hydrogen-bond donors (Lipinski definition) is 2. The van der Waals surface area contributed by atoms with Crippen LogP contribution in [0.25, 0.3) is 0 Å². The number of carbonyl (C=O) groups excluding carboxylic acids is 1. The molecule has 2 aromatic rings. The number of aromatic nitrogens is 3. The molecule has 6 nitrogen and oxygen atoms in total. The van der Waals surface area contributed by atoms with Crippen LogP contribution in [0.4, 0.5) is 10.1 Å². The quantitative estimate of drug-likeness (QED) is 0.860. The van der Waals surface area contributed by atoms with Crippen molar-refractivity contribution in [3.63, 3.8) is 0 Å². The van der Waals surface area contributed by atoms with Crippen LogP contribution in [-0.2, 0) is 13.6 Å². The summed E-state index contributed by atoms with van der Waals surface area (Å²) in [6.45, 7) is 2.01. The molecule has 2 rings (SSSR count). The standard InChI is InChI=1S/C12H14FN5O/c1-7-10(13)3-8(12(14)19)4-11(7)15-5-9-6-18(2)17-16-9/h3-4,6,15H,5H2,1-2H3,(H2,14,19). The van der Waals surface area contributed by atoms with Gasteiger partial charge in [0, 0.05) is 30.1 Å². The Balaban J connectivity index is 2.21. The summed E-state index contributed by atoms with van der Waals surface area (Å²) in [5.41, 5.74) is 6.94. The van der Waals surface area contributed by atoms with Crippen molar-refractivity contribution in [2.24, 2.45) is 12.8 Å². The lowest BCUT2D eigenvalue weighted by Crippen LogP contribution is -2.13. The third kappa shape index (κ3) is 2.87. The molecule has 0 radical (unpaired) electrons. The predicted octanol–water partition coefficient (Wildman–Crippen LogP) is 0.974. The number of nitrogens with zero attached hydrogens (tertiary/aromatic N) is 3. The van der Waals surface area contributed by atoms with E-state index >= 15 is 0 Å². The van der Waals surface area contributed by atoms with Crippen molar-refractivity contribution in [1.82, 2.24) is 15.0 Å². The number of rotatable bonds is 4. The minimum Gasteiger partial charge on any atom is -0.379 e. The van der Waals surface area contributed by atoms with Gasteiger partial charge in [-0.05, 0) is 19.1 Å². The highest BCUT2D eigenvalue weighted by Crippen LogP contribution is 2.21. The van der Waals surface area contributed by atoms with Crippen LogP contribution in [0.3, 0.4) is 0 Å². The Morgan fingerprint density at radius 3 is 2.84 bits per heavy atom. The van der Waals surface area contributed by atoms with Crippen molar-refractivity contribution in [1.29, 1.82) is 0 Å². The molecular weight excluding hydrogens is 249 g/mol. The minimum atomic E-state index is -0.665. The Bertz CT molecular complexity index is 623. The Hall–Kier alpha value is -2.44. The van der Waals surface area contributed by atoms with Crippen molar-refractivity contribution in [3.05, 3.63) is 41.0 Å². The molecule has 0 aliphatic carbocycles. The topological polar surface area (TPSA) is 85.8 Å². The van der Waals surface area contributed by atoms with Crippen LogP contribution in [0.2, 0.25) is 0 Å². The second-order valence-electron chi connectivity index (χ2n) is 4.23. The van der Waals surface area contributed by atoms with Crippen LogP contribution >= 0.6 is 0 Å². The molecular formula is C12H14FN5O. The molecule has 3 N–H and O–H groups in total. The average molecular weight is 263 g/mol. The fraction of sp³-hybridized carbons (Fsp3) is 0.250. The second kappa shape index (κ2) is 5.05. The third-order valence-electron chi connectivity index (χ3n) is 2.74. The van der Waals surface area contributed by atoms with Gasteiger partial charge < -0.3 is 11.1 Å². The average Bonchev–Trinajstić information content (AvgIpc) is 2.76. The van der Waals surface area contributed by atoms with E-state index in [0.29, 0.717) is 23.5 Å². The van der Waals surface area contributed by atoms with E-state index in [-0.39, 0.29) is 5.56 Å². The Morgan fingerprint density at radius 2 is 2.26 bits per heavy atom. The van der Waals surface area contributed by atoms with E-state index in [0.717, 1.165) is 6.07 Å². The van der Waals surface area contributed by atoms with Crippen molar-refractivity contribution in [2.75, 3.05) is 5.32 Å². The first kappa shape index (κ1) is 13.0.